The highest BCUT2D eigenvalue weighted by molar-refractivity contribution is 8.24. The molecular weight excluding hydrogens is 536 g/mol. The minimum absolute atomic E-state index is 0.0435. The lowest BCUT2D eigenvalue weighted by Crippen LogP contribution is -2.15. The average molecular weight is 575 g/mol. The smallest absolute Gasteiger partial charge is 0.308 e. The second-order valence-corrected chi connectivity index (χ2v) is 11.6. The Bertz CT molecular complexity index is 1110. The highest BCUT2D eigenvalue weighted by atomic mass is 32.2. The molecule has 1 aromatic rings. The average Bonchev–Trinajstić information content (AvgIpc) is 3.38. The fourth-order valence-corrected chi connectivity index (χ4v) is 5.92. The van der Waals surface area contributed by atoms with Crippen LogP contribution in [0.1, 0.15) is 71.8 Å². The van der Waals surface area contributed by atoms with Gasteiger partial charge in [-0.2, -0.15) is 0 Å². The van der Waals surface area contributed by atoms with E-state index in [-0.39, 0.29) is 29.5 Å². The fraction of sp³-hybridized carbons (Fsp3) is 0.586. The number of nitriles is 1. The molecule has 1 aliphatic rings. The van der Waals surface area contributed by atoms with Crippen LogP contribution in [-0.4, -0.2) is 38.4 Å². The zero-order valence-electron chi connectivity index (χ0n) is 23.5. The van der Waals surface area contributed by atoms with Gasteiger partial charge in [0.05, 0.1) is 64.9 Å². The van der Waals surface area contributed by atoms with Gasteiger partial charge >= 0.3 is 11.9 Å². The number of fused-ring (bicyclic) bond motifs is 1. The lowest BCUT2D eigenvalue weighted by molar-refractivity contribution is -0.149. The predicted molar refractivity (Wildman–Crippen MR) is 152 cm³/mol. The highest BCUT2D eigenvalue weighted by Crippen LogP contribution is 2.59. The molecule has 0 aromatic heterocycles. The van der Waals surface area contributed by atoms with Crippen LogP contribution in [0.2, 0.25) is 0 Å². The SMILES string of the molecule is [C-]#[N+]/C(C#N)=C1\Sc2c(OCCCCOC(=O)C(C)CC)cc(C)c(OCCCCOC(=O)C(C)CC)c2S1. The van der Waals surface area contributed by atoms with Crippen molar-refractivity contribution in [2.24, 2.45) is 11.8 Å². The molecule has 2 atom stereocenters. The molecule has 2 rings (SSSR count). The van der Waals surface area contributed by atoms with Gasteiger partial charge in [-0.3, -0.25) is 9.59 Å². The molecule has 8 nitrogen and oxygen atoms in total. The lowest BCUT2D eigenvalue weighted by atomic mass is 10.1. The second-order valence-electron chi connectivity index (χ2n) is 9.31. The number of carbonyl (C=O) groups is 2. The number of ether oxygens (including phenoxy) is 4. The zero-order valence-corrected chi connectivity index (χ0v) is 25.1. The number of aryl methyl sites for hydroxylation is 1. The van der Waals surface area contributed by atoms with Crippen molar-refractivity contribution in [2.45, 2.75) is 82.9 Å². The Labute approximate surface area is 240 Å². The van der Waals surface area contributed by atoms with E-state index in [4.69, 9.17) is 25.5 Å². The summed E-state index contributed by atoms with van der Waals surface area (Å²) >= 11 is 2.71. The minimum Gasteiger partial charge on any atom is -0.492 e. The van der Waals surface area contributed by atoms with Gasteiger partial charge in [-0.05, 0) is 57.1 Å². The van der Waals surface area contributed by atoms with Crippen LogP contribution in [0.4, 0.5) is 0 Å². The van der Waals surface area contributed by atoms with E-state index >= 15 is 0 Å². The van der Waals surface area contributed by atoms with Gasteiger partial charge < -0.3 is 18.9 Å². The van der Waals surface area contributed by atoms with Crippen LogP contribution in [0.15, 0.2) is 25.8 Å². The number of esters is 2. The van der Waals surface area contributed by atoms with E-state index in [0.717, 1.165) is 28.2 Å². The van der Waals surface area contributed by atoms with E-state index in [0.29, 0.717) is 67.8 Å². The molecule has 2 unspecified atom stereocenters. The number of unbranched alkanes of at least 4 members (excludes halogenated alkanes) is 2. The summed E-state index contributed by atoms with van der Waals surface area (Å²) in [5.41, 5.74) is 0.937. The Morgan fingerprint density at radius 1 is 0.923 bits per heavy atom. The second kappa shape index (κ2) is 17.0. The van der Waals surface area contributed by atoms with Gasteiger partial charge in [0.15, 0.2) is 0 Å². The normalized spacial score (nSPS) is 14.8. The van der Waals surface area contributed by atoms with Crippen LogP contribution in [0.5, 0.6) is 11.5 Å². The highest BCUT2D eigenvalue weighted by Gasteiger charge is 2.30. The van der Waals surface area contributed by atoms with Crippen molar-refractivity contribution in [1.82, 2.24) is 0 Å². The maximum absolute atomic E-state index is 11.8. The van der Waals surface area contributed by atoms with E-state index in [9.17, 15) is 14.9 Å². The number of hydrogen-bond donors (Lipinski definition) is 0. The number of nitrogens with zero attached hydrogens (tertiary/aromatic N) is 2. The molecule has 0 saturated carbocycles. The molecule has 10 heteroatoms. The summed E-state index contributed by atoms with van der Waals surface area (Å²) in [4.78, 5) is 28.7. The number of benzene rings is 1. The Kier molecular flexibility index (Phi) is 14.1. The van der Waals surface area contributed by atoms with Crippen molar-refractivity contribution in [1.29, 1.82) is 5.26 Å². The number of allylic oxidation sites excluding steroid dienone is 1. The molecule has 1 aliphatic heterocycles. The first-order chi connectivity index (χ1) is 18.8. The van der Waals surface area contributed by atoms with Crippen LogP contribution < -0.4 is 9.47 Å². The zero-order chi connectivity index (χ0) is 28.8. The topological polar surface area (TPSA) is 99.2 Å². The van der Waals surface area contributed by atoms with Crippen LogP contribution >= 0.6 is 23.5 Å². The van der Waals surface area contributed by atoms with Gasteiger partial charge in [0.25, 0.3) is 5.70 Å². The first-order valence-corrected chi connectivity index (χ1v) is 15.0. The molecular formula is C29H38N2O6S2. The molecule has 1 heterocycles. The maximum Gasteiger partial charge on any atom is 0.308 e. The van der Waals surface area contributed by atoms with Gasteiger partial charge in [-0.1, -0.05) is 51.2 Å². The summed E-state index contributed by atoms with van der Waals surface area (Å²) in [6.07, 6.45) is 4.34. The quantitative estimate of drug-likeness (QED) is 0.0871. The third-order valence-electron chi connectivity index (χ3n) is 6.24. The van der Waals surface area contributed by atoms with E-state index in [2.05, 4.69) is 4.85 Å². The first-order valence-electron chi connectivity index (χ1n) is 13.4. The Hall–Kier alpha value is -2.82. The number of hydrogen-bond acceptors (Lipinski definition) is 9. The number of carbonyl (C=O) groups excluding carboxylic acids is 2. The van der Waals surface area contributed by atoms with Crippen molar-refractivity contribution >= 4 is 35.5 Å². The lowest BCUT2D eigenvalue weighted by Gasteiger charge is -2.17. The van der Waals surface area contributed by atoms with E-state index in [1.807, 2.05) is 46.8 Å². The van der Waals surface area contributed by atoms with Crippen molar-refractivity contribution in [3.8, 4) is 17.6 Å². The largest absolute Gasteiger partial charge is 0.492 e. The molecule has 0 bridgehead atoms. The third kappa shape index (κ3) is 9.70. The Morgan fingerprint density at radius 2 is 1.44 bits per heavy atom. The number of rotatable bonds is 16. The monoisotopic (exact) mass is 574 g/mol. The van der Waals surface area contributed by atoms with Gasteiger partial charge in [-0.15, -0.1) is 0 Å². The first kappa shape index (κ1) is 32.4. The summed E-state index contributed by atoms with van der Waals surface area (Å²) in [6, 6.07) is 3.90. The van der Waals surface area contributed by atoms with Crippen molar-refractivity contribution in [3.05, 3.63) is 33.0 Å². The fourth-order valence-electron chi connectivity index (χ4n) is 3.34. The summed E-state index contributed by atoms with van der Waals surface area (Å²) in [5, 5.41) is 9.40. The molecule has 1 aromatic carbocycles. The maximum atomic E-state index is 11.8. The molecule has 0 N–H and O–H groups in total. The summed E-state index contributed by atoms with van der Waals surface area (Å²) in [5.74, 6) is 0.861. The Morgan fingerprint density at radius 3 is 1.95 bits per heavy atom. The number of thioether (sulfide) groups is 2. The molecule has 0 aliphatic carbocycles. The van der Waals surface area contributed by atoms with Crippen molar-refractivity contribution in [3.63, 3.8) is 0 Å². The molecule has 212 valence electrons. The minimum atomic E-state index is -0.171. The summed E-state index contributed by atoms with van der Waals surface area (Å²) in [6.45, 7) is 18.5. The van der Waals surface area contributed by atoms with Gasteiger partial charge in [-0.25, -0.2) is 10.1 Å². The summed E-state index contributed by atoms with van der Waals surface area (Å²) in [7, 11) is 0. The van der Waals surface area contributed by atoms with Gasteiger partial charge in [0.1, 0.15) is 11.5 Å². The molecule has 39 heavy (non-hydrogen) atoms. The van der Waals surface area contributed by atoms with E-state index < -0.39 is 0 Å². The van der Waals surface area contributed by atoms with Crippen molar-refractivity contribution < 1.29 is 28.5 Å². The van der Waals surface area contributed by atoms with Gasteiger partial charge in [0.2, 0.25) is 0 Å². The summed E-state index contributed by atoms with van der Waals surface area (Å²) < 4.78 is 23.5. The molecule has 0 spiro atoms. The van der Waals surface area contributed by atoms with Gasteiger partial charge in [0, 0.05) is 0 Å². The standard InChI is InChI=1S/C29H38N2O6S2/c1-7-19(3)27(32)36-15-11-9-13-34-23-17-21(5)24(26-25(23)38-29(39-26)22(18-30)31-6)35-14-10-12-16-37-28(33)20(4)8-2/h17,19-20H,7-16H2,1-5H3/b29-22+. The van der Waals surface area contributed by atoms with Crippen molar-refractivity contribution in [2.75, 3.05) is 26.4 Å². The van der Waals surface area contributed by atoms with Crippen LogP contribution in [0, 0.1) is 36.7 Å². The van der Waals surface area contributed by atoms with E-state index in [1.54, 1.807) is 0 Å². The molecule has 0 amide bonds. The predicted octanol–water partition coefficient (Wildman–Crippen LogP) is 7.30. The van der Waals surface area contributed by atoms with E-state index in [1.165, 1.54) is 23.5 Å². The van der Waals surface area contributed by atoms with Crippen LogP contribution in [0.3, 0.4) is 0 Å². The molecule has 0 saturated heterocycles. The van der Waals surface area contributed by atoms with Crippen LogP contribution in [-0.2, 0) is 19.1 Å². The molecule has 0 radical (unpaired) electrons. The van der Waals surface area contributed by atoms with Crippen LogP contribution in [0.25, 0.3) is 4.85 Å². The Balaban J connectivity index is 2.00. The third-order valence-corrected chi connectivity index (χ3v) is 8.83. The molecule has 0 fully saturated rings.